The van der Waals surface area contributed by atoms with Crippen molar-refractivity contribution in [3.63, 3.8) is 0 Å². The minimum atomic E-state index is -4.72. The average Bonchev–Trinajstić information content (AvgIpc) is 3.12. The van der Waals surface area contributed by atoms with Crippen LogP contribution in [0.5, 0.6) is 0 Å². The fraction of sp³-hybridized carbons (Fsp3) is 0.188. The first kappa shape index (κ1) is 19.2. The number of benzene rings is 1. The Labute approximate surface area is 161 Å². The number of aromatic nitrogens is 4. The van der Waals surface area contributed by atoms with Gasteiger partial charge in [0, 0.05) is 18.3 Å². The van der Waals surface area contributed by atoms with Gasteiger partial charge in [-0.1, -0.05) is 35.3 Å². The molecule has 1 amide bonds. The zero-order valence-corrected chi connectivity index (χ0v) is 15.3. The van der Waals surface area contributed by atoms with Gasteiger partial charge < -0.3 is 5.32 Å². The molecule has 3 rings (SSSR count). The molecule has 2 aromatic heterocycles. The standard InChI is InChI=1S/C16H12Cl2F3N5O/c1-25-14(16(19,20)21)12(18)13(24-25)15(27)23-11-6-22-26(8-11)7-9-2-4-10(17)5-3-9/h2-6,8H,7H2,1H3,(H,23,27). The maximum absolute atomic E-state index is 12.9. The first-order valence-corrected chi connectivity index (χ1v) is 8.28. The molecule has 0 radical (unpaired) electrons. The molecule has 0 bridgehead atoms. The van der Waals surface area contributed by atoms with Crippen LogP contribution in [-0.2, 0) is 19.8 Å². The summed E-state index contributed by atoms with van der Waals surface area (Å²) >= 11 is 11.5. The number of hydrogen-bond acceptors (Lipinski definition) is 3. The molecule has 3 aromatic rings. The van der Waals surface area contributed by atoms with E-state index in [2.05, 4.69) is 15.5 Å². The quantitative estimate of drug-likeness (QED) is 0.690. The van der Waals surface area contributed by atoms with Gasteiger partial charge in [-0.15, -0.1) is 0 Å². The van der Waals surface area contributed by atoms with Crippen molar-refractivity contribution < 1.29 is 18.0 Å². The Balaban J connectivity index is 1.74. The Morgan fingerprint density at radius 3 is 2.48 bits per heavy atom. The van der Waals surface area contributed by atoms with E-state index in [1.807, 2.05) is 12.1 Å². The summed E-state index contributed by atoms with van der Waals surface area (Å²) in [4.78, 5) is 12.2. The third-order valence-electron chi connectivity index (χ3n) is 3.62. The third-order valence-corrected chi connectivity index (χ3v) is 4.23. The predicted molar refractivity (Wildman–Crippen MR) is 94.0 cm³/mol. The van der Waals surface area contributed by atoms with E-state index in [1.165, 1.54) is 12.4 Å². The smallest absolute Gasteiger partial charge is 0.318 e. The highest BCUT2D eigenvalue weighted by molar-refractivity contribution is 6.34. The normalized spacial score (nSPS) is 11.6. The SMILES string of the molecule is Cn1nc(C(=O)Nc2cnn(Cc3ccc(Cl)cc3)c2)c(Cl)c1C(F)(F)F. The predicted octanol–water partition coefficient (Wildman–Crippen LogP) is 4.24. The van der Waals surface area contributed by atoms with Gasteiger partial charge in [0.15, 0.2) is 11.4 Å². The van der Waals surface area contributed by atoms with Gasteiger partial charge in [-0.05, 0) is 17.7 Å². The summed E-state index contributed by atoms with van der Waals surface area (Å²) in [5.41, 5.74) is -0.475. The van der Waals surface area contributed by atoms with Gasteiger partial charge in [-0.2, -0.15) is 23.4 Å². The molecule has 2 heterocycles. The summed E-state index contributed by atoms with van der Waals surface area (Å²) in [5, 5.41) is 9.95. The van der Waals surface area contributed by atoms with Crippen LogP contribution >= 0.6 is 23.2 Å². The molecule has 0 aliphatic rings. The third kappa shape index (κ3) is 4.25. The molecule has 11 heteroatoms. The molecular formula is C16H12Cl2F3N5O. The molecule has 0 unspecified atom stereocenters. The van der Waals surface area contributed by atoms with Crippen LogP contribution in [-0.4, -0.2) is 25.5 Å². The van der Waals surface area contributed by atoms with Crippen LogP contribution in [0.25, 0.3) is 0 Å². The van der Waals surface area contributed by atoms with Crippen molar-refractivity contribution in [1.82, 2.24) is 19.6 Å². The van der Waals surface area contributed by atoms with Crippen LogP contribution in [0.15, 0.2) is 36.7 Å². The zero-order chi connectivity index (χ0) is 19.8. The monoisotopic (exact) mass is 417 g/mol. The van der Waals surface area contributed by atoms with Crippen molar-refractivity contribution in [2.45, 2.75) is 12.7 Å². The van der Waals surface area contributed by atoms with E-state index < -0.39 is 28.5 Å². The molecule has 6 nitrogen and oxygen atoms in total. The molecule has 1 aromatic carbocycles. The highest BCUT2D eigenvalue weighted by atomic mass is 35.5. The van der Waals surface area contributed by atoms with Crippen LogP contribution < -0.4 is 5.32 Å². The summed E-state index contributed by atoms with van der Waals surface area (Å²) in [6.07, 6.45) is -1.82. The number of amides is 1. The van der Waals surface area contributed by atoms with E-state index in [9.17, 15) is 18.0 Å². The van der Waals surface area contributed by atoms with Crippen LogP contribution in [0.1, 0.15) is 21.7 Å². The molecule has 0 aliphatic carbocycles. The van der Waals surface area contributed by atoms with Gasteiger partial charge >= 0.3 is 6.18 Å². The summed E-state index contributed by atoms with van der Waals surface area (Å²) in [6, 6.07) is 7.14. The molecule has 0 atom stereocenters. The highest BCUT2D eigenvalue weighted by Gasteiger charge is 2.40. The second kappa shape index (κ2) is 7.24. The van der Waals surface area contributed by atoms with Crippen LogP contribution in [0.2, 0.25) is 10.0 Å². The lowest BCUT2D eigenvalue weighted by atomic mass is 10.2. The largest absolute Gasteiger partial charge is 0.434 e. The van der Waals surface area contributed by atoms with E-state index in [0.717, 1.165) is 12.6 Å². The Kier molecular flexibility index (Phi) is 5.16. The van der Waals surface area contributed by atoms with Crippen molar-refractivity contribution in [3.8, 4) is 0 Å². The highest BCUT2D eigenvalue weighted by Crippen LogP contribution is 2.36. The number of alkyl halides is 3. The van der Waals surface area contributed by atoms with Gasteiger partial charge in [-0.25, -0.2) is 0 Å². The molecule has 0 spiro atoms. The number of hydrogen-bond donors (Lipinski definition) is 1. The number of carbonyl (C=O) groups is 1. The molecule has 142 valence electrons. The van der Waals surface area contributed by atoms with E-state index in [0.29, 0.717) is 21.9 Å². The second-order valence-electron chi connectivity index (χ2n) is 5.64. The van der Waals surface area contributed by atoms with Crippen LogP contribution in [0.3, 0.4) is 0 Å². The molecular weight excluding hydrogens is 406 g/mol. The van der Waals surface area contributed by atoms with Gasteiger partial charge in [0.05, 0.1) is 18.4 Å². The van der Waals surface area contributed by atoms with Gasteiger partial charge in [-0.3, -0.25) is 14.2 Å². The van der Waals surface area contributed by atoms with E-state index in [-0.39, 0.29) is 0 Å². The fourth-order valence-electron chi connectivity index (χ4n) is 2.43. The summed E-state index contributed by atoms with van der Waals surface area (Å²) < 4.78 is 40.9. The number of aryl methyl sites for hydroxylation is 1. The number of nitrogens with one attached hydrogen (secondary N) is 1. The molecule has 0 saturated heterocycles. The summed E-state index contributed by atoms with van der Waals surface area (Å²) in [6.45, 7) is 0.426. The summed E-state index contributed by atoms with van der Waals surface area (Å²) in [5.74, 6) is -0.864. The van der Waals surface area contributed by atoms with Crippen LogP contribution in [0.4, 0.5) is 18.9 Å². The van der Waals surface area contributed by atoms with Gasteiger partial charge in [0.1, 0.15) is 5.02 Å². The number of halogens is 5. The summed E-state index contributed by atoms with van der Waals surface area (Å²) in [7, 11) is 1.07. The number of anilines is 1. The lowest BCUT2D eigenvalue weighted by molar-refractivity contribution is -0.143. The molecule has 1 N–H and O–H groups in total. The second-order valence-corrected chi connectivity index (χ2v) is 6.45. The fourth-order valence-corrected chi connectivity index (χ4v) is 2.91. The first-order chi connectivity index (χ1) is 12.6. The van der Waals surface area contributed by atoms with Crippen molar-refractivity contribution in [2.24, 2.45) is 7.05 Å². The minimum absolute atomic E-state index is 0.296. The average molecular weight is 418 g/mol. The van der Waals surface area contributed by atoms with Crippen LogP contribution in [0, 0.1) is 0 Å². The van der Waals surface area contributed by atoms with Crippen molar-refractivity contribution >= 4 is 34.8 Å². The van der Waals surface area contributed by atoms with Crippen molar-refractivity contribution in [3.05, 3.63) is 63.7 Å². The van der Waals surface area contributed by atoms with E-state index in [1.54, 1.807) is 16.8 Å². The van der Waals surface area contributed by atoms with Gasteiger partial charge in [0.25, 0.3) is 5.91 Å². The molecule has 27 heavy (non-hydrogen) atoms. The maximum atomic E-state index is 12.9. The number of nitrogens with zero attached hydrogens (tertiary/aromatic N) is 4. The maximum Gasteiger partial charge on any atom is 0.434 e. The first-order valence-electron chi connectivity index (χ1n) is 7.53. The Bertz CT molecular complexity index is 979. The van der Waals surface area contributed by atoms with Gasteiger partial charge in [0.2, 0.25) is 0 Å². The number of rotatable bonds is 4. The lowest BCUT2D eigenvalue weighted by Crippen LogP contribution is -2.13. The topological polar surface area (TPSA) is 64.7 Å². The molecule has 0 aliphatic heterocycles. The Hall–Kier alpha value is -2.52. The lowest BCUT2D eigenvalue weighted by Gasteiger charge is -2.06. The molecule has 0 saturated carbocycles. The van der Waals surface area contributed by atoms with E-state index in [4.69, 9.17) is 23.2 Å². The number of carbonyl (C=O) groups excluding carboxylic acids is 1. The Morgan fingerprint density at radius 1 is 1.22 bits per heavy atom. The van der Waals surface area contributed by atoms with Crippen molar-refractivity contribution in [1.29, 1.82) is 0 Å². The molecule has 0 fully saturated rings. The van der Waals surface area contributed by atoms with Crippen molar-refractivity contribution in [2.75, 3.05) is 5.32 Å². The minimum Gasteiger partial charge on any atom is -0.318 e. The zero-order valence-electron chi connectivity index (χ0n) is 13.8. The van der Waals surface area contributed by atoms with E-state index >= 15 is 0 Å². The Morgan fingerprint density at radius 2 is 1.89 bits per heavy atom.